The van der Waals surface area contributed by atoms with Crippen molar-refractivity contribution in [3.05, 3.63) is 28.2 Å². The Balaban J connectivity index is 2.43. The van der Waals surface area contributed by atoms with Gasteiger partial charge in [0, 0.05) is 6.04 Å². The van der Waals surface area contributed by atoms with Gasteiger partial charge in [0.05, 0.1) is 11.1 Å². The van der Waals surface area contributed by atoms with Crippen LogP contribution in [-0.2, 0) is 0 Å². The molecule has 0 aliphatic heterocycles. The molecule has 2 nitrogen and oxygen atoms in total. The van der Waals surface area contributed by atoms with E-state index in [-0.39, 0.29) is 6.04 Å². The molecule has 1 atom stereocenters. The summed E-state index contributed by atoms with van der Waals surface area (Å²) in [7, 11) is 0. The molecule has 3 heteroatoms. The summed E-state index contributed by atoms with van der Waals surface area (Å²) in [5.41, 5.74) is 6.95. The van der Waals surface area contributed by atoms with Crippen LogP contribution in [0.2, 0.25) is 0 Å². The molecule has 0 spiro atoms. The van der Waals surface area contributed by atoms with Gasteiger partial charge in [0.1, 0.15) is 5.75 Å². The summed E-state index contributed by atoms with van der Waals surface area (Å²) in [5.74, 6) is 0.908. The van der Waals surface area contributed by atoms with Crippen LogP contribution in [-0.4, -0.2) is 6.61 Å². The fourth-order valence-electron chi connectivity index (χ4n) is 1.63. The molecular formula is C14H22BrNO. The number of benzene rings is 1. The van der Waals surface area contributed by atoms with Crippen molar-refractivity contribution in [3.8, 4) is 5.75 Å². The molecule has 17 heavy (non-hydrogen) atoms. The Bertz CT molecular complexity index is 339. The Labute approximate surface area is 113 Å². The first-order valence-corrected chi connectivity index (χ1v) is 7.12. The van der Waals surface area contributed by atoms with Crippen LogP contribution in [0.5, 0.6) is 5.75 Å². The molecule has 0 radical (unpaired) electrons. The van der Waals surface area contributed by atoms with E-state index in [4.69, 9.17) is 10.5 Å². The van der Waals surface area contributed by atoms with Crippen molar-refractivity contribution in [1.29, 1.82) is 0 Å². The molecule has 0 aliphatic carbocycles. The third kappa shape index (κ3) is 5.09. The normalized spacial score (nSPS) is 12.5. The Morgan fingerprint density at radius 2 is 2.06 bits per heavy atom. The third-order valence-corrected chi connectivity index (χ3v) is 3.36. The molecule has 0 unspecified atom stereocenters. The van der Waals surface area contributed by atoms with E-state index in [1.165, 1.54) is 19.3 Å². The zero-order chi connectivity index (χ0) is 12.7. The average molecular weight is 300 g/mol. The van der Waals surface area contributed by atoms with E-state index in [0.29, 0.717) is 0 Å². The molecule has 1 aromatic rings. The van der Waals surface area contributed by atoms with E-state index in [1.807, 2.05) is 25.1 Å². The third-order valence-electron chi connectivity index (χ3n) is 2.74. The number of hydrogen-bond donors (Lipinski definition) is 1. The predicted molar refractivity (Wildman–Crippen MR) is 76.4 cm³/mol. The van der Waals surface area contributed by atoms with Crippen LogP contribution in [0.4, 0.5) is 0 Å². The minimum Gasteiger partial charge on any atom is -0.492 e. The van der Waals surface area contributed by atoms with E-state index in [0.717, 1.165) is 28.8 Å². The lowest BCUT2D eigenvalue weighted by molar-refractivity contribution is 0.303. The van der Waals surface area contributed by atoms with E-state index >= 15 is 0 Å². The lowest BCUT2D eigenvalue weighted by Crippen LogP contribution is -2.05. The Morgan fingerprint density at radius 3 is 2.65 bits per heavy atom. The van der Waals surface area contributed by atoms with Crippen molar-refractivity contribution in [2.45, 2.75) is 45.6 Å². The van der Waals surface area contributed by atoms with Gasteiger partial charge in [-0.05, 0) is 47.0 Å². The van der Waals surface area contributed by atoms with Gasteiger partial charge in [0.15, 0.2) is 0 Å². The molecule has 0 aliphatic rings. The molecule has 1 rings (SSSR count). The van der Waals surface area contributed by atoms with Crippen molar-refractivity contribution in [2.75, 3.05) is 6.61 Å². The Kier molecular flexibility index (Phi) is 6.60. The van der Waals surface area contributed by atoms with Gasteiger partial charge in [-0.2, -0.15) is 0 Å². The second kappa shape index (κ2) is 7.72. The van der Waals surface area contributed by atoms with Crippen LogP contribution < -0.4 is 10.5 Å². The number of nitrogens with two attached hydrogens (primary N) is 1. The van der Waals surface area contributed by atoms with Crippen LogP contribution in [0.15, 0.2) is 22.7 Å². The predicted octanol–water partition coefficient (Wildman–Crippen LogP) is 4.43. The minimum absolute atomic E-state index is 0.0601. The largest absolute Gasteiger partial charge is 0.492 e. The maximum absolute atomic E-state index is 5.83. The highest BCUT2D eigenvalue weighted by atomic mass is 79.9. The highest BCUT2D eigenvalue weighted by molar-refractivity contribution is 9.10. The average Bonchev–Trinajstić information content (AvgIpc) is 2.30. The highest BCUT2D eigenvalue weighted by Crippen LogP contribution is 2.28. The molecule has 2 N–H and O–H groups in total. The first-order valence-electron chi connectivity index (χ1n) is 6.33. The number of unbranched alkanes of at least 4 members (excludes halogenated alkanes) is 3. The maximum Gasteiger partial charge on any atom is 0.133 e. The molecule has 0 saturated carbocycles. The summed E-state index contributed by atoms with van der Waals surface area (Å²) in [4.78, 5) is 0. The molecule has 0 bridgehead atoms. The first kappa shape index (κ1) is 14.5. The van der Waals surface area contributed by atoms with E-state index in [9.17, 15) is 0 Å². The molecule has 0 aromatic heterocycles. The SMILES string of the molecule is CCCCCCOc1ccc([C@H](C)N)cc1Br. The fourth-order valence-corrected chi connectivity index (χ4v) is 2.14. The number of hydrogen-bond acceptors (Lipinski definition) is 2. The smallest absolute Gasteiger partial charge is 0.133 e. The maximum atomic E-state index is 5.83. The summed E-state index contributed by atoms with van der Waals surface area (Å²) < 4.78 is 6.72. The monoisotopic (exact) mass is 299 g/mol. The van der Waals surface area contributed by atoms with Crippen LogP contribution in [0.25, 0.3) is 0 Å². The van der Waals surface area contributed by atoms with E-state index in [2.05, 4.69) is 22.9 Å². The zero-order valence-corrected chi connectivity index (χ0v) is 12.3. The highest BCUT2D eigenvalue weighted by Gasteiger charge is 2.05. The van der Waals surface area contributed by atoms with Gasteiger partial charge in [-0.1, -0.05) is 32.3 Å². The summed E-state index contributed by atoms with van der Waals surface area (Å²) in [6.45, 7) is 4.98. The number of rotatable bonds is 7. The number of ether oxygens (including phenoxy) is 1. The van der Waals surface area contributed by atoms with Gasteiger partial charge >= 0.3 is 0 Å². The molecule has 1 aromatic carbocycles. The van der Waals surface area contributed by atoms with E-state index in [1.54, 1.807) is 0 Å². The summed E-state index contributed by atoms with van der Waals surface area (Å²) >= 11 is 3.52. The molecule has 0 heterocycles. The summed E-state index contributed by atoms with van der Waals surface area (Å²) in [5, 5.41) is 0. The van der Waals surface area contributed by atoms with Gasteiger partial charge in [-0.15, -0.1) is 0 Å². The van der Waals surface area contributed by atoms with Crippen LogP contribution >= 0.6 is 15.9 Å². The molecule has 0 saturated heterocycles. The van der Waals surface area contributed by atoms with Crippen molar-refractivity contribution in [3.63, 3.8) is 0 Å². The van der Waals surface area contributed by atoms with Crippen molar-refractivity contribution < 1.29 is 4.74 Å². The van der Waals surface area contributed by atoms with Crippen LogP contribution in [0, 0.1) is 0 Å². The second-order valence-electron chi connectivity index (χ2n) is 4.39. The lowest BCUT2D eigenvalue weighted by atomic mass is 10.1. The second-order valence-corrected chi connectivity index (χ2v) is 5.24. The quantitative estimate of drug-likeness (QED) is 0.756. The minimum atomic E-state index is 0.0601. The Hall–Kier alpha value is -0.540. The van der Waals surface area contributed by atoms with Crippen LogP contribution in [0.3, 0.4) is 0 Å². The Morgan fingerprint density at radius 1 is 1.29 bits per heavy atom. The van der Waals surface area contributed by atoms with Gasteiger partial charge < -0.3 is 10.5 Å². The molecular weight excluding hydrogens is 278 g/mol. The van der Waals surface area contributed by atoms with Crippen molar-refractivity contribution in [1.82, 2.24) is 0 Å². The first-order chi connectivity index (χ1) is 8.15. The standard InChI is InChI=1S/C14H22BrNO/c1-3-4-5-6-9-17-14-8-7-12(11(2)16)10-13(14)15/h7-8,10-11H,3-6,9,16H2,1-2H3/t11-/m0/s1. The summed E-state index contributed by atoms with van der Waals surface area (Å²) in [6, 6.07) is 6.11. The lowest BCUT2D eigenvalue weighted by Gasteiger charge is -2.11. The van der Waals surface area contributed by atoms with Gasteiger partial charge in [-0.3, -0.25) is 0 Å². The summed E-state index contributed by atoms with van der Waals surface area (Å²) in [6.07, 6.45) is 4.91. The van der Waals surface area contributed by atoms with Crippen molar-refractivity contribution >= 4 is 15.9 Å². The van der Waals surface area contributed by atoms with Gasteiger partial charge in [0.25, 0.3) is 0 Å². The molecule has 0 amide bonds. The van der Waals surface area contributed by atoms with E-state index < -0.39 is 0 Å². The number of halogens is 1. The molecule has 0 fully saturated rings. The topological polar surface area (TPSA) is 35.2 Å². The fraction of sp³-hybridized carbons (Fsp3) is 0.571. The van der Waals surface area contributed by atoms with Gasteiger partial charge in [0.2, 0.25) is 0 Å². The van der Waals surface area contributed by atoms with Crippen LogP contribution in [0.1, 0.15) is 51.1 Å². The zero-order valence-electron chi connectivity index (χ0n) is 10.7. The van der Waals surface area contributed by atoms with Gasteiger partial charge in [-0.25, -0.2) is 0 Å². The van der Waals surface area contributed by atoms with Crippen molar-refractivity contribution in [2.24, 2.45) is 5.73 Å². The molecule has 96 valence electrons.